The van der Waals surface area contributed by atoms with Gasteiger partial charge in [0.25, 0.3) is 0 Å². The lowest BCUT2D eigenvalue weighted by molar-refractivity contribution is -0.237. The number of aliphatic hydroxyl groups is 1. The molecule has 14 heavy (non-hydrogen) atoms. The lowest BCUT2D eigenvalue weighted by atomic mass is 9.82. The van der Waals surface area contributed by atoms with Crippen LogP contribution in [0.1, 0.15) is 45.4 Å². The lowest BCUT2D eigenvalue weighted by Crippen LogP contribution is -2.41. The van der Waals surface area contributed by atoms with Gasteiger partial charge in [0.05, 0.1) is 6.61 Å². The fraction of sp³-hybridized carbons (Fsp3) is 0.833. The Labute approximate surface area is 87.0 Å². The van der Waals surface area contributed by atoms with Gasteiger partial charge in [0.2, 0.25) is 0 Å². The van der Waals surface area contributed by atoms with Crippen LogP contribution in [-0.2, 0) is 4.74 Å². The van der Waals surface area contributed by atoms with Crippen LogP contribution in [0.4, 0.5) is 0 Å². The first-order chi connectivity index (χ1) is 6.73. The molecule has 1 aliphatic carbocycles. The van der Waals surface area contributed by atoms with Crippen LogP contribution < -0.4 is 0 Å². The van der Waals surface area contributed by atoms with Gasteiger partial charge >= 0.3 is 0 Å². The van der Waals surface area contributed by atoms with Gasteiger partial charge in [0.15, 0.2) is 5.79 Å². The summed E-state index contributed by atoms with van der Waals surface area (Å²) in [5.41, 5.74) is 0. The fourth-order valence-corrected chi connectivity index (χ4v) is 2.27. The van der Waals surface area contributed by atoms with Crippen LogP contribution in [0.5, 0.6) is 0 Å². The van der Waals surface area contributed by atoms with Gasteiger partial charge in [-0.05, 0) is 19.3 Å². The molecule has 1 saturated carbocycles. The topological polar surface area (TPSA) is 29.5 Å². The number of hydrogen-bond donors (Lipinski definition) is 1. The predicted octanol–water partition coefficient (Wildman–Crippen LogP) is 2.87. The Morgan fingerprint density at radius 1 is 1.43 bits per heavy atom. The largest absolute Gasteiger partial charge is 0.365 e. The molecule has 0 radical (unpaired) electrons. The standard InChI is InChI=1S/C12H22O2/c1-3-10-14-12(13,4-2)11-8-6-5-7-9-11/h3,11,13H,1,4-10H2,2H3/t12-/m1/s1. The molecule has 1 aliphatic rings. The van der Waals surface area contributed by atoms with E-state index in [1.165, 1.54) is 19.3 Å². The smallest absolute Gasteiger partial charge is 0.168 e. The quantitative estimate of drug-likeness (QED) is 0.543. The summed E-state index contributed by atoms with van der Waals surface area (Å²) in [5, 5.41) is 10.3. The van der Waals surface area contributed by atoms with E-state index in [0.29, 0.717) is 18.9 Å². The van der Waals surface area contributed by atoms with E-state index in [9.17, 15) is 5.11 Å². The lowest BCUT2D eigenvalue weighted by Gasteiger charge is -2.37. The molecule has 0 bridgehead atoms. The van der Waals surface area contributed by atoms with Crippen molar-refractivity contribution in [1.29, 1.82) is 0 Å². The summed E-state index contributed by atoms with van der Waals surface area (Å²) < 4.78 is 5.50. The molecule has 0 amide bonds. The zero-order valence-corrected chi connectivity index (χ0v) is 9.17. The molecule has 1 atom stereocenters. The highest BCUT2D eigenvalue weighted by molar-refractivity contribution is 4.81. The Morgan fingerprint density at radius 3 is 2.57 bits per heavy atom. The molecule has 2 nitrogen and oxygen atoms in total. The van der Waals surface area contributed by atoms with Crippen molar-refractivity contribution < 1.29 is 9.84 Å². The van der Waals surface area contributed by atoms with Gasteiger partial charge in [0.1, 0.15) is 0 Å². The molecule has 1 N–H and O–H groups in total. The van der Waals surface area contributed by atoms with Gasteiger partial charge in [-0.3, -0.25) is 0 Å². The van der Waals surface area contributed by atoms with Crippen molar-refractivity contribution in [2.24, 2.45) is 5.92 Å². The molecule has 0 unspecified atom stereocenters. The van der Waals surface area contributed by atoms with Crippen LogP contribution in [-0.4, -0.2) is 17.5 Å². The number of rotatable bonds is 5. The molecule has 2 heteroatoms. The number of ether oxygens (including phenoxy) is 1. The van der Waals surface area contributed by atoms with E-state index >= 15 is 0 Å². The van der Waals surface area contributed by atoms with Crippen molar-refractivity contribution in [3.63, 3.8) is 0 Å². The van der Waals surface area contributed by atoms with Crippen LogP contribution in [0.25, 0.3) is 0 Å². The maximum Gasteiger partial charge on any atom is 0.168 e. The molecular weight excluding hydrogens is 176 g/mol. The van der Waals surface area contributed by atoms with Crippen LogP contribution in [0.15, 0.2) is 12.7 Å². The van der Waals surface area contributed by atoms with Crippen molar-refractivity contribution >= 4 is 0 Å². The summed E-state index contributed by atoms with van der Waals surface area (Å²) in [6.45, 7) is 6.04. The van der Waals surface area contributed by atoms with Crippen LogP contribution >= 0.6 is 0 Å². The fourth-order valence-electron chi connectivity index (χ4n) is 2.27. The van der Waals surface area contributed by atoms with Crippen LogP contribution in [0, 0.1) is 5.92 Å². The van der Waals surface area contributed by atoms with E-state index in [-0.39, 0.29) is 0 Å². The molecule has 0 aliphatic heterocycles. The summed E-state index contributed by atoms with van der Waals surface area (Å²) in [6.07, 6.45) is 8.32. The third-order valence-corrected chi connectivity index (χ3v) is 3.20. The van der Waals surface area contributed by atoms with Crippen molar-refractivity contribution in [3.05, 3.63) is 12.7 Å². The molecule has 0 saturated heterocycles. The monoisotopic (exact) mass is 198 g/mol. The Kier molecular flexibility index (Phi) is 4.63. The first kappa shape index (κ1) is 11.7. The van der Waals surface area contributed by atoms with Crippen LogP contribution in [0.2, 0.25) is 0 Å². The van der Waals surface area contributed by atoms with E-state index in [2.05, 4.69) is 6.58 Å². The third kappa shape index (κ3) is 2.82. The second-order valence-corrected chi connectivity index (χ2v) is 4.13. The third-order valence-electron chi connectivity index (χ3n) is 3.20. The van der Waals surface area contributed by atoms with Gasteiger partial charge in [-0.25, -0.2) is 0 Å². The molecular formula is C12H22O2. The molecule has 82 valence electrons. The Bertz CT molecular complexity index is 173. The first-order valence-corrected chi connectivity index (χ1v) is 5.70. The molecule has 0 aromatic heterocycles. The zero-order chi connectivity index (χ0) is 10.4. The minimum absolute atomic E-state index is 0.321. The maximum atomic E-state index is 10.3. The van der Waals surface area contributed by atoms with E-state index in [4.69, 9.17) is 4.74 Å². The zero-order valence-electron chi connectivity index (χ0n) is 9.17. The van der Waals surface area contributed by atoms with Gasteiger partial charge in [-0.2, -0.15) is 0 Å². The summed E-state index contributed by atoms with van der Waals surface area (Å²) >= 11 is 0. The molecule has 0 aromatic carbocycles. The SMILES string of the molecule is C=CCO[C@](O)(CC)C1CCCCC1. The highest BCUT2D eigenvalue weighted by atomic mass is 16.6. The summed E-state index contributed by atoms with van der Waals surface area (Å²) in [5.74, 6) is -0.588. The average Bonchev–Trinajstić information content (AvgIpc) is 2.27. The molecule has 0 heterocycles. The first-order valence-electron chi connectivity index (χ1n) is 5.70. The second-order valence-electron chi connectivity index (χ2n) is 4.13. The molecule has 0 aromatic rings. The second kappa shape index (κ2) is 5.52. The van der Waals surface area contributed by atoms with Crippen molar-refractivity contribution in [2.75, 3.05) is 6.61 Å². The van der Waals surface area contributed by atoms with E-state index in [0.717, 1.165) is 12.8 Å². The van der Waals surface area contributed by atoms with E-state index in [1.807, 2.05) is 6.92 Å². The highest BCUT2D eigenvalue weighted by Crippen LogP contribution is 2.35. The van der Waals surface area contributed by atoms with Crippen molar-refractivity contribution in [2.45, 2.75) is 51.2 Å². The minimum atomic E-state index is -0.908. The summed E-state index contributed by atoms with van der Waals surface area (Å²) in [6, 6.07) is 0. The summed E-state index contributed by atoms with van der Waals surface area (Å²) in [7, 11) is 0. The molecule has 1 rings (SSSR count). The van der Waals surface area contributed by atoms with Crippen molar-refractivity contribution in [1.82, 2.24) is 0 Å². The Hall–Kier alpha value is -0.340. The number of hydrogen-bond acceptors (Lipinski definition) is 2. The Balaban J connectivity index is 2.51. The average molecular weight is 198 g/mol. The highest BCUT2D eigenvalue weighted by Gasteiger charge is 2.36. The Morgan fingerprint density at radius 2 is 2.07 bits per heavy atom. The van der Waals surface area contributed by atoms with Gasteiger partial charge in [-0.1, -0.05) is 32.3 Å². The normalized spacial score (nSPS) is 23.0. The van der Waals surface area contributed by atoms with E-state index in [1.54, 1.807) is 6.08 Å². The van der Waals surface area contributed by atoms with Crippen molar-refractivity contribution in [3.8, 4) is 0 Å². The van der Waals surface area contributed by atoms with Gasteiger partial charge in [-0.15, -0.1) is 6.58 Å². The predicted molar refractivity (Wildman–Crippen MR) is 58.0 cm³/mol. The summed E-state index contributed by atoms with van der Waals surface area (Å²) in [4.78, 5) is 0. The van der Waals surface area contributed by atoms with Gasteiger partial charge < -0.3 is 9.84 Å². The molecule has 0 spiro atoms. The molecule has 1 fully saturated rings. The van der Waals surface area contributed by atoms with Crippen LogP contribution in [0.3, 0.4) is 0 Å². The van der Waals surface area contributed by atoms with Gasteiger partial charge in [0, 0.05) is 5.92 Å². The maximum absolute atomic E-state index is 10.3. The minimum Gasteiger partial charge on any atom is -0.365 e. The van der Waals surface area contributed by atoms with E-state index < -0.39 is 5.79 Å².